The maximum Gasteiger partial charge on any atom is 0.147 e. The molecule has 11 aromatic rings. The van der Waals surface area contributed by atoms with E-state index >= 15 is 0 Å². The zero-order valence-corrected chi connectivity index (χ0v) is 34.8. The van der Waals surface area contributed by atoms with Gasteiger partial charge < -0.3 is 18.6 Å². The smallest absolute Gasteiger partial charge is 0.147 e. The quantitative estimate of drug-likeness (QED) is 0.153. The lowest BCUT2D eigenvalue weighted by atomic mass is 9.98. The van der Waals surface area contributed by atoms with E-state index in [2.05, 4.69) is 153 Å². The van der Waals surface area contributed by atoms with Crippen LogP contribution in [0.3, 0.4) is 0 Å². The Labute approximate surface area is 357 Å². The van der Waals surface area contributed by atoms with Gasteiger partial charge in [-0.25, -0.2) is 8.78 Å². The average molecular weight is 813 g/mol. The molecule has 0 aliphatic heterocycles. The minimum absolute atomic E-state index is 0.291. The van der Waals surface area contributed by atoms with Crippen molar-refractivity contribution in [3.05, 3.63) is 193 Å². The molecule has 302 valence electrons. The highest BCUT2D eigenvalue weighted by atomic mass is 19.1. The second-order valence-corrected chi connectivity index (χ2v) is 16.8. The molecule has 0 bridgehead atoms. The number of halogens is 2. The zero-order chi connectivity index (χ0) is 42.2. The molecule has 0 atom stereocenters. The van der Waals surface area contributed by atoms with E-state index in [0.717, 1.165) is 88.4 Å². The van der Waals surface area contributed by atoms with E-state index in [-0.39, 0.29) is 11.6 Å². The summed E-state index contributed by atoms with van der Waals surface area (Å²) in [5.41, 5.74) is 10.8. The van der Waals surface area contributed by atoms with Gasteiger partial charge in [-0.05, 0) is 119 Å². The van der Waals surface area contributed by atoms with Crippen LogP contribution in [0.5, 0.6) is 0 Å². The van der Waals surface area contributed by atoms with Gasteiger partial charge in [0.05, 0.1) is 16.8 Å². The topological polar surface area (TPSA) is 32.8 Å². The molecule has 9 aromatic carbocycles. The van der Waals surface area contributed by atoms with E-state index in [1.807, 2.05) is 30.3 Å². The maximum absolute atomic E-state index is 14.4. The third-order valence-corrected chi connectivity index (χ3v) is 12.3. The van der Waals surface area contributed by atoms with E-state index in [9.17, 15) is 8.78 Å². The van der Waals surface area contributed by atoms with Crippen LogP contribution in [0.2, 0.25) is 0 Å². The molecule has 0 unspecified atom stereocenters. The van der Waals surface area contributed by atoms with Crippen LogP contribution in [-0.4, -0.2) is 0 Å². The van der Waals surface area contributed by atoms with E-state index in [1.165, 1.54) is 35.4 Å². The Bertz CT molecular complexity index is 3480. The van der Waals surface area contributed by atoms with Gasteiger partial charge in [-0.15, -0.1) is 0 Å². The lowest BCUT2D eigenvalue weighted by molar-refractivity contribution is 0.627. The zero-order valence-electron chi connectivity index (χ0n) is 34.8. The molecule has 0 fully saturated rings. The van der Waals surface area contributed by atoms with E-state index < -0.39 is 0 Å². The molecule has 0 spiro atoms. The van der Waals surface area contributed by atoms with Crippen LogP contribution in [-0.2, 0) is 0 Å². The summed E-state index contributed by atoms with van der Waals surface area (Å²) in [7, 11) is 0. The fourth-order valence-corrected chi connectivity index (χ4v) is 9.20. The summed E-state index contributed by atoms with van der Waals surface area (Å²) in [6, 6.07) is 55.6. The molecule has 0 radical (unpaired) electrons. The first-order chi connectivity index (χ1) is 30.2. The van der Waals surface area contributed by atoms with Crippen molar-refractivity contribution in [1.82, 2.24) is 0 Å². The Morgan fingerprint density at radius 2 is 0.774 bits per heavy atom. The first-order valence-electron chi connectivity index (χ1n) is 21.2. The summed E-state index contributed by atoms with van der Waals surface area (Å²) in [5.74, 6) is 0.179. The number of furan rings is 2. The molecular formula is C56H42F2N2O2. The summed E-state index contributed by atoms with van der Waals surface area (Å²) in [6.07, 6.45) is 0. The van der Waals surface area contributed by atoms with Crippen LogP contribution in [0, 0.1) is 11.6 Å². The minimum Gasteiger partial charge on any atom is -0.456 e. The molecule has 6 heteroatoms. The van der Waals surface area contributed by atoms with Crippen LogP contribution in [0.1, 0.15) is 50.7 Å². The van der Waals surface area contributed by atoms with Crippen LogP contribution >= 0.6 is 0 Å². The fourth-order valence-electron chi connectivity index (χ4n) is 9.20. The molecule has 2 heterocycles. The largest absolute Gasteiger partial charge is 0.456 e. The predicted octanol–water partition coefficient (Wildman–Crippen LogP) is 17.3. The average Bonchev–Trinajstić information content (AvgIpc) is 3.87. The standard InChI is InChI=1S/C56H42F2N2O2/c1-33(2)35-13-21-39(22-14-35)59(41-25-17-37(57)18-26-41)48-31-51-53(45-11-7-5-9-43(45)48)47-29-30-50-55(56(47)62-51)54-46-12-8-6-10-44(46)49(32-52(54)61-50)60(42-27-19-38(58)20-28-42)40-23-15-36(16-24-40)34(3)4/h5-34H,1-4H3. The molecular weight excluding hydrogens is 771 g/mol. The van der Waals surface area contributed by atoms with Crippen LogP contribution in [0.4, 0.5) is 42.9 Å². The second kappa shape index (κ2) is 14.6. The van der Waals surface area contributed by atoms with Gasteiger partial charge in [-0.1, -0.05) is 100 Å². The lowest BCUT2D eigenvalue weighted by Gasteiger charge is -2.27. The third kappa shape index (κ3) is 6.08. The molecule has 62 heavy (non-hydrogen) atoms. The molecule has 4 nitrogen and oxygen atoms in total. The summed E-state index contributed by atoms with van der Waals surface area (Å²) >= 11 is 0. The molecule has 0 N–H and O–H groups in total. The van der Waals surface area contributed by atoms with Gasteiger partial charge in [0.2, 0.25) is 0 Å². The molecule has 0 saturated carbocycles. The van der Waals surface area contributed by atoms with Gasteiger partial charge in [0.15, 0.2) is 0 Å². The first-order valence-corrected chi connectivity index (χ1v) is 21.2. The van der Waals surface area contributed by atoms with Crippen molar-refractivity contribution in [3.8, 4) is 0 Å². The number of fused-ring (bicyclic) bond motifs is 11. The minimum atomic E-state index is -0.292. The van der Waals surface area contributed by atoms with Gasteiger partial charge in [0.1, 0.15) is 34.0 Å². The number of anilines is 6. The van der Waals surface area contributed by atoms with Crippen LogP contribution in [0.15, 0.2) is 179 Å². The Balaban J connectivity index is 1.17. The first kappa shape index (κ1) is 37.6. The van der Waals surface area contributed by atoms with Gasteiger partial charge in [0, 0.05) is 61.8 Å². The van der Waals surface area contributed by atoms with Crippen LogP contribution in [0.25, 0.3) is 65.4 Å². The molecule has 0 aliphatic carbocycles. The Morgan fingerprint density at radius 3 is 1.23 bits per heavy atom. The van der Waals surface area contributed by atoms with Crippen molar-refractivity contribution in [2.24, 2.45) is 0 Å². The summed E-state index contributed by atoms with van der Waals surface area (Å²) in [4.78, 5) is 4.35. The lowest BCUT2D eigenvalue weighted by Crippen LogP contribution is -2.10. The normalized spacial score (nSPS) is 12.0. The van der Waals surface area contributed by atoms with Crippen molar-refractivity contribution in [2.45, 2.75) is 39.5 Å². The highest BCUT2D eigenvalue weighted by molar-refractivity contribution is 6.32. The van der Waals surface area contributed by atoms with E-state index in [1.54, 1.807) is 0 Å². The van der Waals surface area contributed by atoms with Gasteiger partial charge in [-0.2, -0.15) is 0 Å². The fraction of sp³-hybridized carbons (Fsp3) is 0.107. The number of hydrogen-bond donors (Lipinski definition) is 0. The summed E-state index contributed by atoms with van der Waals surface area (Å²) in [5, 5.41) is 7.96. The van der Waals surface area contributed by atoms with Gasteiger partial charge in [0.25, 0.3) is 0 Å². The van der Waals surface area contributed by atoms with E-state index in [4.69, 9.17) is 8.83 Å². The van der Waals surface area contributed by atoms with Gasteiger partial charge in [-0.3, -0.25) is 0 Å². The Morgan fingerprint density at radius 1 is 0.371 bits per heavy atom. The van der Waals surface area contributed by atoms with E-state index in [0.29, 0.717) is 23.0 Å². The number of rotatable bonds is 8. The number of hydrogen-bond acceptors (Lipinski definition) is 4. The second-order valence-electron chi connectivity index (χ2n) is 16.8. The SMILES string of the molecule is CC(C)c1ccc(N(c2ccc(F)cc2)c2cc3oc4c(ccc5oc6cc(N(c7ccc(F)cc7)c7ccc(C(C)C)cc7)c7ccccc7c6c54)c3c3ccccc23)cc1. The molecule has 11 rings (SSSR count). The van der Waals surface area contributed by atoms with Crippen molar-refractivity contribution in [3.63, 3.8) is 0 Å². The predicted molar refractivity (Wildman–Crippen MR) is 253 cm³/mol. The van der Waals surface area contributed by atoms with Crippen molar-refractivity contribution in [2.75, 3.05) is 9.80 Å². The number of nitrogens with zero attached hydrogens (tertiary/aromatic N) is 2. The van der Waals surface area contributed by atoms with Crippen LogP contribution < -0.4 is 9.80 Å². The Kier molecular flexibility index (Phi) is 8.86. The number of benzene rings is 9. The molecule has 0 saturated heterocycles. The molecule has 2 aromatic heterocycles. The summed E-state index contributed by atoms with van der Waals surface area (Å²) < 4.78 is 42.7. The van der Waals surface area contributed by atoms with Crippen molar-refractivity contribution < 1.29 is 17.6 Å². The highest BCUT2D eigenvalue weighted by Crippen LogP contribution is 2.50. The molecule has 0 amide bonds. The molecule has 0 aliphatic rings. The third-order valence-electron chi connectivity index (χ3n) is 12.3. The van der Waals surface area contributed by atoms with Crippen molar-refractivity contribution >= 4 is 99.5 Å². The van der Waals surface area contributed by atoms with Crippen molar-refractivity contribution in [1.29, 1.82) is 0 Å². The van der Waals surface area contributed by atoms with Gasteiger partial charge >= 0.3 is 0 Å². The monoisotopic (exact) mass is 812 g/mol. The maximum atomic E-state index is 14.4. The highest BCUT2D eigenvalue weighted by Gasteiger charge is 2.25. The summed E-state index contributed by atoms with van der Waals surface area (Å²) in [6.45, 7) is 8.75. The Hall–Kier alpha value is -7.44.